The van der Waals surface area contributed by atoms with E-state index in [0.717, 1.165) is 19.4 Å². The van der Waals surface area contributed by atoms with Gasteiger partial charge in [-0.1, -0.05) is 20.3 Å². The van der Waals surface area contributed by atoms with Crippen LogP contribution in [0.3, 0.4) is 0 Å². The van der Waals surface area contributed by atoms with Gasteiger partial charge in [-0.2, -0.15) is 0 Å². The molecular formula is C9H16N2O2. The van der Waals surface area contributed by atoms with E-state index < -0.39 is 0 Å². The van der Waals surface area contributed by atoms with Crippen LogP contribution in [0.2, 0.25) is 0 Å². The van der Waals surface area contributed by atoms with Crippen molar-refractivity contribution in [2.24, 2.45) is 0 Å². The van der Waals surface area contributed by atoms with Gasteiger partial charge in [0, 0.05) is 6.61 Å². The Bertz CT molecular complexity index is 211. The molecule has 0 radical (unpaired) electrons. The van der Waals surface area contributed by atoms with Gasteiger partial charge in [-0.05, 0) is 6.42 Å². The summed E-state index contributed by atoms with van der Waals surface area (Å²) in [5.74, 6) is 0.843. The van der Waals surface area contributed by atoms with Crippen LogP contribution in [-0.2, 0) is 4.74 Å². The van der Waals surface area contributed by atoms with Gasteiger partial charge in [0.2, 0.25) is 12.3 Å². The van der Waals surface area contributed by atoms with Crippen molar-refractivity contribution in [1.29, 1.82) is 0 Å². The molecule has 0 saturated carbocycles. The minimum Gasteiger partial charge on any atom is -0.428 e. The Morgan fingerprint density at radius 3 is 3.08 bits per heavy atom. The SMILES string of the molecule is CCCCOCC(C)c1nnco1. The minimum atomic E-state index is 0.194. The monoisotopic (exact) mass is 184 g/mol. The Hall–Kier alpha value is -0.900. The molecule has 0 spiro atoms. The van der Waals surface area contributed by atoms with Gasteiger partial charge in [-0.3, -0.25) is 0 Å². The zero-order valence-corrected chi connectivity index (χ0v) is 8.19. The van der Waals surface area contributed by atoms with E-state index in [1.165, 1.54) is 6.39 Å². The number of hydrogen-bond donors (Lipinski definition) is 0. The van der Waals surface area contributed by atoms with Gasteiger partial charge >= 0.3 is 0 Å². The average molecular weight is 184 g/mol. The van der Waals surface area contributed by atoms with Crippen molar-refractivity contribution in [1.82, 2.24) is 10.2 Å². The van der Waals surface area contributed by atoms with Crippen LogP contribution >= 0.6 is 0 Å². The number of aromatic nitrogens is 2. The first-order valence-corrected chi connectivity index (χ1v) is 4.68. The average Bonchev–Trinajstić information content (AvgIpc) is 2.65. The molecule has 13 heavy (non-hydrogen) atoms. The molecule has 1 unspecified atom stereocenters. The van der Waals surface area contributed by atoms with Crippen LogP contribution in [0, 0.1) is 0 Å². The molecule has 0 aliphatic heterocycles. The predicted octanol–water partition coefficient (Wildman–Crippen LogP) is 1.99. The Morgan fingerprint density at radius 1 is 1.62 bits per heavy atom. The van der Waals surface area contributed by atoms with Crippen LogP contribution < -0.4 is 0 Å². The third kappa shape index (κ3) is 3.55. The smallest absolute Gasteiger partial charge is 0.221 e. The second-order valence-corrected chi connectivity index (χ2v) is 3.11. The van der Waals surface area contributed by atoms with Crippen molar-refractivity contribution in [3.05, 3.63) is 12.3 Å². The van der Waals surface area contributed by atoms with E-state index in [-0.39, 0.29) is 5.92 Å². The molecule has 74 valence electrons. The maximum absolute atomic E-state index is 5.43. The highest BCUT2D eigenvalue weighted by Crippen LogP contribution is 2.11. The lowest BCUT2D eigenvalue weighted by Gasteiger charge is -2.06. The number of ether oxygens (including phenoxy) is 1. The molecular weight excluding hydrogens is 168 g/mol. The molecule has 1 aromatic rings. The summed E-state index contributed by atoms with van der Waals surface area (Å²) in [7, 11) is 0. The van der Waals surface area contributed by atoms with E-state index in [1.54, 1.807) is 0 Å². The summed E-state index contributed by atoms with van der Waals surface area (Å²) in [6.45, 7) is 5.63. The van der Waals surface area contributed by atoms with Crippen molar-refractivity contribution in [3.63, 3.8) is 0 Å². The number of nitrogens with zero attached hydrogens (tertiary/aromatic N) is 2. The highest BCUT2D eigenvalue weighted by Gasteiger charge is 2.10. The fraction of sp³-hybridized carbons (Fsp3) is 0.778. The zero-order chi connectivity index (χ0) is 9.52. The van der Waals surface area contributed by atoms with Crippen LogP contribution in [0.15, 0.2) is 10.8 Å². The van der Waals surface area contributed by atoms with Gasteiger partial charge in [-0.15, -0.1) is 10.2 Å². The van der Waals surface area contributed by atoms with Gasteiger partial charge < -0.3 is 9.15 Å². The lowest BCUT2D eigenvalue weighted by Crippen LogP contribution is -2.05. The van der Waals surface area contributed by atoms with Gasteiger partial charge in [0.05, 0.1) is 12.5 Å². The first-order valence-electron chi connectivity index (χ1n) is 4.68. The molecule has 0 aliphatic rings. The van der Waals surface area contributed by atoms with Crippen molar-refractivity contribution < 1.29 is 9.15 Å². The normalized spacial score (nSPS) is 13.1. The van der Waals surface area contributed by atoms with E-state index in [4.69, 9.17) is 9.15 Å². The number of rotatable bonds is 6. The molecule has 0 bridgehead atoms. The molecule has 1 aromatic heterocycles. The summed E-state index contributed by atoms with van der Waals surface area (Å²) in [4.78, 5) is 0. The van der Waals surface area contributed by atoms with Crippen LogP contribution in [0.4, 0.5) is 0 Å². The largest absolute Gasteiger partial charge is 0.428 e. The van der Waals surface area contributed by atoms with Gasteiger partial charge in [-0.25, -0.2) is 0 Å². The Kier molecular flexibility index (Phi) is 4.46. The highest BCUT2D eigenvalue weighted by atomic mass is 16.5. The maximum Gasteiger partial charge on any atom is 0.221 e. The Morgan fingerprint density at radius 2 is 2.46 bits per heavy atom. The van der Waals surface area contributed by atoms with Crippen LogP contribution in [0.1, 0.15) is 38.5 Å². The van der Waals surface area contributed by atoms with E-state index in [1.807, 2.05) is 6.92 Å². The molecule has 1 heterocycles. The van der Waals surface area contributed by atoms with E-state index in [0.29, 0.717) is 12.5 Å². The first-order chi connectivity index (χ1) is 6.34. The molecule has 4 heteroatoms. The minimum absolute atomic E-state index is 0.194. The summed E-state index contributed by atoms with van der Waals surface area (Å²) in [5.41, 5.74) is 0. The third-order valence-corrected chi connectivity index (χ3v) is 1.81. The van der Waals surface area contributed by atoms with Crippen LogP contribution in [0.5, 0.6) is 0 Å². The van der Waals surface area contributed by atoms with Gasteiger partial charge in [0.15, 0.2) is 0 Å². The lowest BCUT2D eigenvalue weighted by atomic mass is 10.2. The molecule has 1 rings (SSSR count). The summed E-state index contributed by atoms with van der Waals surface area (Å²) in [5, 5.41) is 7.43. The first kappa shape index (κ1) is 10.2. The second-order valence-electron chi connectivity index (χ2n) is 3.11. The number of hydrogen-bond acceptors (Lipinski definition) is 4. The molecule has 0 aromatic carbocycles. The number of unbranched alkanes of at least 4 members (excludes halogenated alkanes) is 1. The molecule has 0 aliphatic carbocycles. The Labute approximate surface area is 78.3 Å². The molecule has 0 N–H and O–H groups in total. The van der Waals surface area contributed by atoms with E-state index in [9.17, 15) is 0 Å². The van der Waals surface area contributed by atoms with Gasteiger partial charge in [0.25, 0.3) is 0 Å². The van der Waals surface area contributed by atoms with Crippen molar-refractivity contribution in [3.8, 4) is 0 Å². The van der Waals surface area contributed by atoms with Crippen molar-refractivity contribution >= 4 is 0 Å². The maximum atomic E-state index is 5.43. The Balaban J connectivity index is 2.15. The third-order valence-electron chi connectivity index (χ3n) is 1.81. The topological polar surface area (TPSA) is 48.2 Å². The zero-order valence-electron chi connectivity index (χ0n) is 8.19. The molecule has 0 amide bonds. The summed E-state index contributed by atoms with van der Waals surface area (Å²) < 4.78 is 10.5. The fourth-order valence-electron chi connectivity index (χ4n) is 0.974. The fourth-order valence-corrected chi connectivity index (χ4v) is 0.974. The predicted molar refractivity (Wildman–Crippen MR) is 48.4 cm³/mol. The molecule has 0 saturated heterocycles. The summed E-state index contributed by atoms with van der Waals surface area (Å²) in [6.07, 6.45) is 3.61. The van der Waals surface area contributed by atoms with Crippen LogP contribution in [-0.4, -0.2) is 23.4 Å². The van der Waals surface area contributed by atoms with Gasteiger partial charge in [0.1, 0.15) is 0 Å². The second kappa shape index (κ2) is 5.70. The summed E-state index contributed by atoms with van der Waals surface area (Å²) >= 11 is 0. The van der Waals surface area contributed by atoms with Crippen molar-refractivity contribution in [2.45, 2.75) is 32.6 Å². The summed E-state index contributed by atoms with van der Waals surface area (Å²) in [6, 6.07) is 0. The highest BCUT2D eigenvalue weighted by molar-refractivity contribution is 4.84. The van der Waals surface area contributed by atoms with E-state index >= 15 is 0 Å². The lowest BCUT2D eigenvalue weighted by molar-refractivity contribution is 0.114. The standard InChI is InChI=1S/C9H16N2O2/c1-3-4-5-12-6-8(2)9-11-10-7-13-9/h7-8H,3-6H2,1-2H3. The van der Waals surface area contributed by atoms with Crippen LogP contribution in [0.25, 0.3) is 0 Å². The molecule has 4 nitrogen and oxygen atoms in total. The molecule has 0 fully saturated rings. The van der Waals surface area contributed by atoms with E-state index in [2.05, 4.69) is 17.1 Å². The molecule has 1 atom stereocenters. The van der Waals surface area contributed by atoms with Crippen molar-refractivity contribution in [2.75, 3.05) is 13.2 Å². The quantitative estimate of drug-likeness (QED) is 0.634.